The fraction of sp³-hybridized carbons (Fsp3) is 0.500. The number of hydrogen-bond acceptors (Lipinski definition) is 3. The highest BCUT2D eigenvalue weighted by atomic mass is 79.9. The maximum atomic E-state index is 12.3. The number of hydrogen-bond donors (Lipinski definition) is 1. The summed E-state index contributed by atoms with van der Waals surface area (Å²) in [4.78, 5) is 2.44. The molecule has 0 aliphatic carbocycles. The average Bonchev–Trinajstić information content (AvgIpc) is 2.35. The van der Waals surface area contributed by atoms with Gasteiger partial charge in [0, 0.05) is 10.5 Å². The Morgan fingerprint density at radius 1 is 1.37 bits per heavy atom. The van der Waals surface area contributed by atoms with E-state index >= 15 is 0 Å². The van der Waals surface area contributed by atoms with Gasteiger partial charge in [-0.1, -0.05) is 11.6 Å². The summed E-state index contributed by atoms with van der Waals surface area (Å²) >= 11 is 9.11. The van der Waals surface area contributed by atoms with Gasteiger partial charge in [-0.15, -0.1) is 0 Å². The van der Waals surface area contributed by atoms with Crippen molar-refractivity contribution in [3.05, 3.63) is 27.7 Å². The Kier molecular flexibility index (Phi) is 4.89. The summed E-state index contributed by atoms with van der Waals surface area (Å²) in [5.41, 5.74) is 0. The molecule has 1 aliphatic rings. The fourth-order valence-corrected chi connectivity index (χ4v) is 4.04. The highest BCUT2D eigenvalue weighted by Crippen LogP contribution is 2.25. The van der Waals surface area contributed by atoms with Gasteiger partial charge in [0.2, 0.25) is 10.0 Å². The second-order valence-corrected chi connectivity index (χ2v) is 7.75. The summed E-state index contributed by atoms with van der Waals surface area (Å²) in [6.45, 7) is 1.83. The van der Waals surface area contributed by atoms with E-state index in [1.54, 1.807) is 6.07 Å². The first-order valence-corrected chi connectivity index (χ1v) is 8.70. The minimum absolute atomic E-state index is 0.00986. The molecule has 1 fully saturated rings. The van der Waals surface area contributed by atoms with Gasteiger partial charge in [-0.25, -0.2) is 13.1 Å². The third kappa shape index (κ3) is 3.92. The molecule has 0 unspecified atom stereocenters. The third-order valence-corrected chi connectivity index (χ3v) is 5.97. The summed E-state index contributed by atoms with van der Waals surface area (Å²) < 4.78 is 27.9. The van der Waals surface area contributed by atoms with Crippen LogP contribution in [0.15, 0.2) is 27.6 Å². The number of nitrogens with one attached hydrogen (secondary N) is 1. The molecule has 0 aromatic heterocycles. The maximum Gasteiger partial charge on any atom is 0.240 e. The van der Waals surface area contributed by atoms with Crippen molar-refractivity contribution in [3.63, 3.8) is 0 Å². The van der Waals surface area contributed by atoms with Gasteiger partial charge in [0.1, 0.15) is 0 Å². The van der Waals surface area contributed by atoms with Crippen molar-refractivity contribution in [3.8, 4) is 0 Å². The minimum Gasteiger partial charge on any atom is -0.306 e. The molecular weight excluding hydrogens is 352 g/mol. The molecule has 2 rings (SSSR count). The zero-order chi connectivity index (χ0) is 14.0. The number of benzene rings is 1. The van der Waals surface area contributed by atoms with E-state index in [4.69, 9.17) is 11.6 Å². The Bertz CT molecular complexity index is 557. The highest BCUT2D eigenvalue weighted by molar-refractivity contribution is 9.10. The van der Waals surface area contributed by atoms with E-state index in [1.807, 2.05) is 7.05 Å². The van der Waals surface area contributed by atoms with Gasteiger partial charge in [0.25, 0.3) is 0 Å². The molecule has 19 heavy (non-hydrogen) atoms. The van der Waals surface area contributed by atoms with Gasteiger partial charge in [0.15, 0.2) is 0 Å². The molecule has 0 spiro atoms. The monoisotopic (exact) mass is 366 g/mol. The Balaban J connectivity index is 2.11. The molecule has 0 radical (unpaired) electrons. The Labute approximate surface area is 127 Å². The first-order valence-electron chi connectivity index (χ1n) is 6.04. The van der Waals surface area contributed by atoms with Gasteiger partial charge in [-0.2, -0.15) is 0 Å². The number of nitrogens with zero attached hydrogens (tertiary/aromatic N) is 1. The molecule has 0 bridgehead atoms. The van der Waals surface area contributed by atoms with Crippen LogP contribution in [0.1, 0.15) is 12.8 Å². The molecule has 1 N–H and O–H groups in total. The molecule has 1 aromatic rings. The van der Waals surface area contributed by atoms with Crippen LogP contribution in [0.2, 0.25) is 5.02 Å². The molecule has 1 heterocycles. The lowest BCUT2D eigenvalue weighted by molar-refractivity contribution is 0.248. The molecule has 7 heteroatoms. The fourth-order valence-electron chi connectivity index (χ4n) is 2.06. The quantitative estimate of drug-likeness (QED) is 0.893. The number of sulfonamides is 1. The van der Waals surface area contributed by atoms with Gasteiger partial charge in [-0.3, -0.25) is 0 Å². The molecule has 1 aromatic carbocycles. The maximum absolute atomic E-state index is 12.3. The summed E-state index contributed by atoms with van der Waals surface area (Å²) in [6, 6.07) is 4.63. The van der Waals surface area contributed by atoms with Crippen LogP contribution >= 0.6 is 27.5 Å². The highest BCUT2D eigenvalue weighted by Gasteiger charge is 2.23. The summed E-state index contributed by atoms with van der Waals surface area (Å²) in [5.74, 6) is 0. The summed E-state index contributed by atoms with van der Waals surface area (Å²) in [7, 11) is -1.43. The van der Waals surface area contributed by atoms with Crippen LogP contribution in [-0.4, -0.2) is 39.5 Å². The van der Waals surface area contributed by atoms with E-state index in [9.17, 15) is 8.42 Å². The van der Waals surface area contributed by atoms with Crippen molar-refractivity contribution in [2.24, 2.45) is 0 Å². The molecule has 106 valence electrons. The van der Waals surface area contributed by atoms with E-state index in [2.05, 4.69) is 25.6 Å². The molecule has 4 nitrogen and oxygen atoms in total. The second-order valence-electron chi connectivity index (χ2n) is 4.77. The van der Waals surface area contributed by atoms with Crippen LogP contribution in [0, 0.1) is 0 Å². The molecule has 0 atom stereocenters. The van der Waals surface area contributed by atoms with Gasteiger partial charge in [0.05, 0.1) is 9.92 Å². The SMILES string of the molecule is CN1CCC(NS(=O)(=O)c2ccc(Cl)c(Br)c2)CC1. The van der Waals surface area contributed by atoms with Crippen molar-refractivity contribution in [1.82, 2.24) is 9.62 Å². The van der Waals surface area contributed by atoms with E-state index in [1.165, 1.54) is 12.1 Å². The number of rotatable bonds is 3. The lowest BCUT2D eigenvalue weighted by Gasteiger charge is -2.29. The smallest absolute Gasteiger partial charge is 0.240 e. The zero-order valence-electron chi connectivity index (χ0n) is 10.6. The van der Waals surface area contributed by atoms with E-state index in [0.717, 1.165) is 25.9 Å². The standard InChI is InChI=1S/C12H16BrClN2O2S/c1-16-6-4-9(5-7-16)15-19(17,18)10-2-3-12(14)11(13)8-10/h2-3,8-9,15H,4-7H2,1H3. The van der Waals surface area contributed by atoms with Crippen molar-refractivity contribution in [2.75, 3.05) is 20.1 Å². The predicted molar refractivity (Wildman–Crippen MR) is 80.0 cm³/mol. The molecule has 1 aliphatic heterocycles. The van der Waals surface area contributed by atoms with Crippen LogP contribution < -0.4 is 4.72 Å². The first kappa shape index (κ1) is 15.3. The summed E-state index contributed by atoms with van der Waals surface area (Å²) in [5, 5.41) is 0.498. The van der Waals surface area contributed by atoms with E-state index in [-0.39, 0.29) is 10.9 Å². The molecule has 1 saturated heterocycles. The second kappa shape index (κ2) is 6.10. The van der Waals surface area contributed by atoms with Crippen LogP contribution in [0.3, 0.4) is 0 Å². The van der Waals surface area contributed by atoms with Crippen molar-refractivity contribution in [2.45, 2.75) is 23.8 Å². The topological polar surface area (TPSA) is 49.4 Å². The average molecular weight is 368 g/mol. The van der Waals surface area contributed by atoms with Crippen LogP contribution in [0.5, 0.6) is 0 Å². The van der Waals surface area contributed by atoms with Crippen molar-refractivity contribution >= 4 is 37.6 Å². The summed E-state index contributed by atoms with van der Waals surface area (Å²) in [6.07, 6.45) is 1.68. The molecular formula is C12H16BrClN2O2S. The molecule has 0 amide bonds. The van der Waals surface area contributed by atoms with E-state index < -0.39 is 10.0 Å². The number of halogens is 2. The van der Waals surface area contributed by atoms with Crippen LogP contribution in [0.4, 0.5) is 0 Å². The van der Waals surface area contributed by atoms with Crippen molar-refractivity contribution in [1.29, 1.82) is 0 Å². The van der Waals surface area contributed by atoms with Gasteiger partial charge >= 0.3 is 0 Å². The number of piperidine rings is 1. The Morgan fingerprint density at radius 2 is 2.00 bits per heavy atom. The van der Waals surface area contributed by atoms with E-state index in [0.29, 0.717) is 9.50 Å². The first-order chi connectivity index (χ1) is 8.88. The van der Waals surface area contributed by atoms with Crippen molar-refractivity contribution < 1.29 is 8.42 Å². The minimum atomic E-state index is -3.47. The zero-order valence-corrected chi connectivity index (χ0v) is 13.7. The van der Waals surface area contributed by atoms with Crippen LogP contribution in [-0.2, 0) is 10.0 Å². The Hall–Kier alpha value is -0.140. The molecule has 0 saturated carbocycles. The largest absolute Gasteiger partial charge is 0.306 e. The normalized spacial score (nSPS) is 18.7. The van der Waals surface area contributed by atoms with Crippen LogP contribution in [0.25, 0.3) is 0 Å². The predicted octanol–water partition coefficient (Wildman–Crippen LogP) is 2.48. The third-order valence-electron chi connectivity index (χ3n) is 3.24. The van der Waals surface area contributed by atoms with Gasteiger partial charge in [-0.05, 0) is 67.1 Å². The number of likely N-dealkylation sites (tertiary alicyclic amines) is 1. The van der Waals surface area contributed by atoms with Gasteiger partial charge < -0.3 is 4.90 Å². The lowest BCUT2D eigenvalue weighted by atomic mass is 10.1. The Morgan fingerprint density at radius 3 is 2.58 bits per heavy atom. The lowest BCUT2D eigenvalue weighted by Crippen LogP contribution is -2.43.